The molecule has 0 saturated carbocycles. The highest BCUT2D eigenvalue weighted by Gasteiger charge is 2.36. The Labute approximate surface area is 173 Å². The Bertz CT molecular complexity index is 1000. The molecule has 2 aliphatic heterocycles. The summed E-state index contributed by atoms with van der Waals surface area (Å²) in [5, 5.41) is 0.680. The molecule has 0 atom stereocenters. The Hall–Kier alpha value is -2.87. The molecule has 152 valence electrons. The number of aryl methyl sites for hydroxylation is 1. The van der Waals surface area contributed by atoms with Gasteiger partial charge in [-0.3, -0.25) is 14.4 Å². The molecule has 2 aromatic rings. The van der Waals surface area contributed by atoms with E-state index in [2.05, 4.69) is 0 Å². The lowest BCUT2D eigenvalue weighted by Gasteiger charge is -2.27. The second kappa shape index (κ2) is 7.51. The molecule has 1 aromatic heterocycles. The average Bonchev–Trinajstić information content (AvgIpc) is 3.06. The van der Waals surface area contributed by atoms with Gasteiger partial charge in [0.15, 0.2) is 6.61 Å². The first-order valence-corrected chi connectivity index (χ1v) is 10.3. The van der Waals surface area contributed by atoms with Crippen molar-refractivity contribution in [3.63, 3.8) is 0 Å². The summed E-state index contributed by atoms with van der Waals surface area (Å²) in [5.74, 6) is 0.376. The minimum atomic E-state index is -0.127. The maximum Gasteiger partial charge on any atom is 0.260 e. The normalized spacial score (nSPS) is 16.4. The van der Waals surface area contributed by atoms with Gasteiger partial charge in [0.1, 0.15) is 17.3 Å². The molecule has 0 saturated heterocycles. The minimum Gasteiger partial charge on any atom is -0.484 e. The second-order valence-corrected chi connectivity index (χ2v) is 8.50. The van der Waals surface area contributed by atoms with Crippen molar-refractivity contribution in [2.24, 2.45) is 0 Å². The van der Waals surface area contributed by atoms with E-state index in [0.717, 1.165) is 16.0 Å². The van der Waals surface area contributed by atoms with Gasteiger partial charge in [0.25, 0.3) is 11.8 Å². The summed E-state index contributed by atoms with van der Waals surface area (Å²) in [7, 11) is 3.35. The number of thiophene rings is 1. The van der Waals surface area contributed by atoms with Crippen LogP contribution < -0.4 is 9.64 Å². The SMILES string of the molecule is Cc1ccccc1OCC(=O)N1CCc2c(sc3c2C(=O)N(C)CC(=O)N3C)C1. The largest absolute Gasteiger partial charge is 0.484 e. The molecule has 0 unspecified atom stereocenters. The Balaban J connectivity index is 1.52. The van der Waals surface area contributed by atoms with Crippen molar-refractivity contribution in [2.45, 2.75) is 19.9 Å². The van der Waals surface area contributed by atoms with E-state index in [0.29, 0.717) is 35.8 Å². The third-order valence-electron chi connectivity index (χ3n) is 5.45. The summed E-state index contributed by atoms with van der Waals surface area (Å²) in [4.78, 5) is 43.6. The Morgan fingerprint density at radius 1 is 1.17 bits per heavy atom. The van der Waals surface area contributed by atoms with Gasteiger partial charge >= 0.3 is 0 Å². The molecule has 1 aromatic carbocycles. The number of amides is 3. The van der Waals surface area contributed by atoms with Crippen molar-refractivity contribution in [3.8, 4) is 5.75 Å². The molecule has 4 rings (SSSR count). The van der Waals surface area contributed by atoms with Crippen LogP contribution in [0.25, 0.3) is 0 Å². The molecule has 0 N–H and O–H groups in total. The number of likely N-dealkylation sites (N-methyl/N-ethyl adjacent to an activating group) is 2. The van der Waals surface area contributed by atoms with Crippen molar-refractivity contribution in [1.29, 1.82) is 0 Å². The standard InChI is InChI=1S/C21H23N3O4S/c1-13-6-4-5-7-15(13)28-12-18(26)24-9-8-14-16(10-24)29-21-19(14)20(27)22(2)11-17(25)23(21)3/h4-7H,8-12H2,1-3H3. The Kier molecular flexibility index (Phi) is 5.04. The van der Waals surface area contributed by atoms with Crippen LogP contribution in [-0.2, 0) is 22.6 Å². The van der Waals surface area contributed by atoms with Gasteiger partial charge in [0, 0.05) is 25.5 Å². The van der Waals surface area contributed by atoms with E-state index in [4.69, 9.17) is 4.74 Å². The number of para-hydroxylation sites is 1. The number of benzene rings is 1. The van der Waals surface area contributed by atoms with Crippen LogP contribution in [0.2, 0.25) is 0 Å². The smallest absolute Gasteiger partial charge is 0.260 e. The van der Waals surface area contributed by atoms with Crippen molar-refractivity contribution in [2.75, 3.05) is 38.7 Å². The Morgan fingerprint density at radius 3 is 2.69 bits per heavy atom. The van der Waals surface area contributed by atoms with Gasteiger partial charge < -0.3 is 19.4 Å². The van der Waals surface area contributed by atoms with Crippen LogP contribution in [0.3, 0.4) is 0 Å². The summed E-state index contributed by atoms with van der Waals surface area (Å²) in [6.45, 7) is 2.96. The van der Waals surface area contributed by atoms with E-state index >= 15 is 0 Å². The molecular weight excluding hydrogens is 390 g/mol. The second-order valence-electron chi connectivity index (χ2n) is 7.42. The minimum absolute atomic E-state index is 0.0225. The highest BCUT2D eigenvalue weighted by molar-refractivity contribution is 7.17. The molecule has 8 heteroatoms. The van der Waals surface area contributed by atoms with Crippen molar-refractivity contribution >= 4 is 34.1 Å². The first-order chi connectivity index (χ1) is 13.9. The average molecular weight is 413 g/mol. The molecule has 0 fully saturated rings. The lowest BCUT2D eigenvalue weighted by Crippen LogP contribution is -2.39. The molecule has 29 heavy (non-hydrogen) atoms. The van der Waals surface area contributed by atoms with Gasteiger partial charge in [-0.1, -0.05) is 18.2 Å². The Morgan fingerprint density at radius 2 is 1.93 bits per heavy atom. The third-order valence-corrected chi connectivity index (χ3v) is 6.74. The number of carbonyl (C=O) groups is 3. The third kappa shape index (κ3) is 3.48. The van der Waals surface area contributed by atoms with Crippen LogP contribution in [-0.4, -0.2) is 61.3 Å². The molecule has 0 bridgehead atoms. The van der Waals surface area contributed by atoms with E-state index in [1.165, 1.54) is 16.2 Å². The van der Waals surface area contributed by atoms with E-state index in [-0.39, 0.29) is 30.9 Å². The van der Waals surface area contributed by atoms with E-state index in [9.17, 15) is 14.4 Å². The van der Waals surface area contributed by atoms with Crippen molar-refractivity contribution in [1.82, 2.24) is 9.80 Å². The number of anilines is 1. The fraction of sp³-hybridized carbons (Fsp3) is 0.381. The fourth-order valence-electron chi connectivity index (χ4n) is 3.69. The number of ether oxygens (including phenoxy) is 1. The predicted octanol–water partition coefficient (Wildman–Crippen LogP) is 2.07. The lowest BCUT2D eigenvalue weighted by atomic mass is 10.0. The summed E-state index contributed by atoms with van der Waals surface area (Å²) in [5.41, 5.74) is 2.56. The number of nitrogens with zero attached hydrogens (tertiary/aromatic N) is 3. The molecule has 0 radical (unpaired) electrons. The van der Waals surface area contributed by atoms with E-state index in [1.54, 1.807) is 23.9 Å². The number of carbonyl (C=O) groups excluding carboxylic acids is 3. The molecule has 0 spiro atoms. The zero-order valence-electron chi connectivity index (χ0n) is 16.7. The molecule has 3 amide bonds. The molecule has 7 nitrogen and oxygen atoms in total. The zero-order chi connectivity index (χ0) is 20.7. The highest BCUT2D eigenvalue weighted by Crippen LogP contribution is 2.40. The summed E-state index contributed by atoms with van der Waals surface area (Å²) in [6.07, 6.45) is 0.596. The lowest BCUT2D eigenvalue weighted by molar-refractivity contribution is -0.134. The van der Waals surface area contributed by atoms with Gasteiger partial charge in [-0.05, 0) is 30.5 Å². The molecular formula is C21H23N3O4S. The van der Waals surface area contributed by atoms with Crippen LogP contribution in [0.5, 0.6) is 5.75 Å². The maximum atomic E-state index is 12.8. The first kappa shape index (κ1) is 19.4. The van der Waals surface area contributed by atoms with Gasteiger partial charge in [-0.25, -0.2) is 0 Å². The van der Waals surface area contributed by atoms with Gasteiger partial charge in [-0.15, -0.1) is 11.3 Å². The molecule has 3 heterocycles. The van der Waals surface area contributed by atoms with Gasteiger partial charge in [0.05, 0.1) is 12.1 Å². The van der Waals surface area contributed by atoms with E-state index in [1.807, 2.05) is 31.2 Å². The number of rotatable bonds is 3. The number of fused-ring (bicyclic) bond motifs is 3. The van der Waals surface area contributed by atoms with Crippen molar-refractivity contribution < 1.29 is 19.1 Å². The van der Waals surface area contributed by atoms with Crippen LogP contribution in [0.4, 0.5) is 5.00 Å². The quantitative estimate of drug-likeness (QED) is 0.773. The van der Waals surface area contributed by atoms with Crippen molar-refractivity contribution in [3.05, 3.63) is 45.8 Å². The van der Waals surface area contributed by atoms with Gasteiger partial charge in [-0.2, -0.15) is 0 Å². The zero-order valence-corrected chi connectivity index (χ0v) is 17.5. The number of hydrogen-bond acceptors (Lipinski definition) is 5. The molecule has 2 aliphatic rings. The maximum absolute atomic E-state index is 12.8. The summed E-state index contributed by atoms with van der Waals surface area (Å²) < 4.78 is 5.70. The van der Waals surface area contributed by atoms with Crippen LogP contribution >= 0.6 is 11.3 Å². The van der Waals surface area contributed by atoms with Crippen LogP contribution in [0, 0.1) is 6.92 Å². The summed E-state index contributed by atoms with van der Waals surface area (Å²) in [6, 6.07) is 7.60. The highest BCUT2D eigenvalue weighted by atomic mass is 32.1. The van der Waals surface area contributed by atoms with E-state index < -0.39 is 0 Å². The van der Waals surface area contributed by atoms with Gasteiger partial charge in [0.2, 0.25) is 5.91 Å². The van der Waals surface area contributed by atoms with Crippen LogP contribution in [0.15, 0.2) is 24.3 Å². The number of hydrogen-bond donors (Lipinski definition) is 0. The predicted molar refractivity (Wildman–Crippen MR) is 110 cm³/mol. The summed E-state index contributed by atoms with van der Waals surface area (Å²) >= 11 is 1.43. The van der Waals surface area contributed by atoms with Crippen LogP contribution in [0.1, 0.15) is 26.4 Å². The fourth-order valence-corrected chi connectivity index (χ4v) is 5.03. The first-order valence-electron chi connectivity index (χ1n) is 9.49. The monoisotopic (exact) mass is 413 g/mol. The topological polar surface area (TPSA) is 70.2 Å². The molecule has 0 aliphatic carbocycles.